The van der Waals surface area contributed by atoms with Crippen molar-refractivity contribution >= 4 is 46.0 Å². The molecule has 2 aromatic carbocycles. The molecule has 0 bridgehead atoms. The second-order valence-corrected chi connectivity index (χ2v) is 7.38. The summed E-state index contributed by atoms with van der Waals surface area (Å²) in [5.41, 5.74) is 2.12. The number of amidine groups is 1. The van der Waals surface area contributed by atoms with Crippen LogP contribution in [0.5, 0.6) is 5.75 Å². The molecule has 9 heteroatoms. The van der Waals surface area contributed by atoms with E-state index in [1.54, 1.807) is 43.5 Å². The number of nitro groups is 1. The third kappa shape index (κ3) is 4.80. The van der Waals surface area contributed by atoms with Crippen LogP contribution in [0.3, 0.4) is 0 Å². The molecule has 1 aliphatic heterocycles. The first-order chi connectivity index (χ1) is 14.4. The number of nitro benzene ring substituents is 1. The number of benzene rings is 2. The molecule has 0 aromatic heterocycles. The van der Waals surface area contributed by atoms with Gasteiger partial charge < -0.3 is 15.0 Å². The van der Waals surface area contributed by atoms with Crippen molar-refractivity contribution in [2.45, 2.75) is 13.8 Å². The lowest BCUT2D eigenvalue weighted by molar-refractivity contribution is -0.384. The van der Waals surface area contributed by atoms with Gasteiger partial charge in [-0.2, -0.15) is 0 Å². The van der Waals surface area contributed by atoms with Gasteiger partial charge in [0, 0.05) is 36.5 Å². The average molecular weight is 426 g/mol. The van der Waals surface area contributed by atoms with Crippen LogP contribution in [-0.4, -0.2) is 36.2 Å². The van der Waals surface area contributed by atoms with Gasteiger partial charge in [0.15, 0.2) is 5.17 Å². The van der Waals surface area contributed by atoms with Crippen molar-refractivity contribution in [1.82, 2.24) is 5.32 Å². The summed E-state index contributed by atoms with van der Waals surface area (Å²) in [4.78, 5) is 30.2. The van der Waals surface area contributed by atoms with Crippen LogP contribution in [0.15, 0.2) is 52.4 Å². The standard InChI is InChI=1S/C21H22N4O4S/c1-4-24(5-2)18-11-8-16(25(27)28)12-14(18)13-19-20(26)23-21(30-19)22-15-6-9-17(29-3)10-7-15/h6-13H,4-5H2,1-3H3,(H,22,23,26)/b19-13-. The second-order valence-electron chi connectivity index (χ2n) is 6.35. The van der Waals surface area contributed by atoms with Crippen LogP contribution in [-0.2, 0) is 4.79 Å². The third-order valence-corrected chi connectivity index (χ3v) is 5.48. The molecule has 1 saturated heterocycles. The monoisotopic (exact) mass is 426 g/mol. The van der Waals surface area contributed by atoms with Crippen LogP contribution >= 0.6 is 11.8 Å². The number of aliphatic imine (C=N–C) groups is 1. The van der Waals surface area contributed by atoms with E-state index in [9.17, 15) is 14.9 Å². The van der Waals surface area contributed by atoms with Gasteiger partial charge >= 0.3 is 0 Å². The molecule has 1 heterocycles. The topological polar surface area (TPSA) is 97.1 Å². The van der Waals surface area contributed by atoms with E-state index in [0.29, 0.717) is 21.3 Å². The van der Waals surface area contributed by atoms with Crippen LogP contribution in [0, 0.1) is 10.1 Å². The van der Waals surface area contributed by atoms with Crippen LogP contribution in [0.4, 0.5) is 17.1 Å². The van der Waals surface area contributed by atoms with E-state index in [1.807, 2.05) is 13.8 Å². The fourth-order valence-electron chi connectivity index (χ4n) is 3.02. The highest BCUT2D eigenvalue weighted by molar-refractivity contribution is 8.18. The first-order valence-corrected chi connectivity index (χ1v) is 10.2. The molecular formula is C21H22N4O4S. The Labute approximate surface area is 178 Å². The molecule has 0 saturated carbocycles. The number of methoxy groups -OCH3 is 1. The molecule has 2 aromatic rings. The van der Waals surface area contributed by atoms with Gasteiger partial charge in [0.1, 0.15) is 5.75 Å². The highest BCUT2D eigenvalue weighted by Gasteiger charge is 2.25. The van der Waals surface area contributed by atoms with Crippen LogP contribution in [0.25, 0.3) is 6.08 Å². The quantitative estimate of drug-likeness (QED) is 0.402. The zero-order valence-corrected chi connectivity index (χ0v) is 17.7. The van der Waals surface area contributed by atoms with E-state index in [4.69, 9.17) is 4.74 Å². The van der Waals surface area contributed by atoms with Crippen molar-refractivity contribution < 1.29 is 14.5 Å². The second kappa shape index (κ2) is 9.45. The van der Waals surface area contributed by atoms with Gasteiger partial charge in [-0.25, -0.2) is 4.99 Å². The highest BCUT2D eigenvalue weighted by atomic mass is 32.2. The number of hydrogen-bond acceptors (Lipinski definition) is 7. The molecule has 0 aliphatic carbocycles. The van der Waals surface area contributed by atoms with E-state index in [-0.39, 0.29) is 11.6 Å². The number of rotatable bonds is 7. The van der Waals surface area contributed by atoms with E-state index in [1.165, 1.54) is 23.9 Å². The minimum absolute atomic E-state index is 0.0201. The zero-order chi connectivity index (χ0) is 21.7. The summed E-state index contributed by atoms with van der Waals surface area (Å²) in [5.74, 6) is 0.432. The lowest BCUT2D eigenvalue weighted by atomic mass is 10.1. The summed E-state index contributed by atoms with van der Waals surface area (Å²) in [6, 6.07) is 11.9. The van der Waals surface area contributed by atoms with Crippen molar-refractivity contribution in [3.8, 4) is 5.75 Å². The number of nitrogens with zero attached hydrogens (tertiary/aromatic N) is 3. The van der Waals surface area contributed by atoms with Gasteiger partial charge in [0.2, 0.25) is 0 Å². The van der Waals surface area contributed by atoms with Crippen molar-refractivity contribution in [3.05, 3.63) is 63.0 Å². The molecule has 1 N–H and O–H groups in total. The molecule has 30 heavy (non-hydrogen) atoms. The normalized spacial score (nSPS) is 16.0. The molecule has 0 unspecified atom stereocenters. The number of ether oxygens (including phenoxy) is 1. The molecule has 156 valence electrons. The molecule has 1 fully saturated rings. The summed E-state index contributed by atoms with van der Waals surface area (Å²) in [7, 11) is 1.59. The van der Waals surface area contributed by atoms with E-state index in [2.05, 4.69) is 15.2 Å². The Morgan fingerprint density at radius 1 is 1.20 bits per heavy atom. The zero-order valence-electron chi connectivity index (χ0n) is 16.9. The van der Waals surface area contributed by atoms with Gasteiger partial charge in [-0.1, -0.05) is 0 Å². The highest BCUT2D eigenvalue weighted by Crippen LogP contribution is 2.33. The van der Waals surface area contributed by atoms with Gasteiger partial charge in [-0.15, -0.1) is 0 Å². The number of hydrogen-bond donors (Lipinski definition) is 1. The maximum absolute atomic E-state index is 12.5. The van der Waals surface area contributed by atoms with Gasteiger partial charge in [0.05, 0.1) is 22.6 Å². The van der Waals surface area contributed by atoms with Crippen LogP contribution in [0.1, 0.15) is 19.4 Å². The Kier molecular flexibility index (Phi) is 6.73. The minimum atomic E-state index is -0.438. The van der Waals surface area contributed by atoms with Crippen molar-refractivity contribution in [1.29, 1.82) is 0 Å². The fourth-order valence-corrected chi connectivity index (χ4v) is 3.85. The number of non-ortho nitro benzene ring substituents is 1. The Balaban J connectivity index is 1.93. The number of nitrogens with one attached hydrogen (secondary N) is 1. The number of amides is 1. The third-order valence-electron chi connectivity index (χ3n) is 4.57. The Morgan fingerprint density at radius 3 is 2.50 bits per heavy atom. The van der Waals surface area contributed by atoms with Crippen LogP contribution < -0.4 is 15.0 Å². The predicted molar refractivity (Wildman–Crippen MR) is 120 cm³/mol. The predicted octanol–water partition coefficient (Wildman–Crippen LogP) is 4.34. The van der Waals surface area contributed by atoms with Crippen molar-refractivity contribution in [3.63, 3.8) is 0 Å². The number of anilines is 1. The Hall–Kier alpha value is -3.33. The summed E-state index contributed by atoms with van der Waals surface area (Å²) in [6.45, 7) is 5.51. The van der Waals surface area contributed by atoms with E-state index < -0.39 is 4.92 Å². The molecule has 0 radical (unpaired) electrons. The van der Waals surface area contributed by atoms with E-state index >= 15 is 0 Å². The van der Waals surface area contributed by atoms with Gasteiger partial charge in [-0.3, -0.25) is 14.9 Å². The summed E-state index contributed by atoms with van der Waals surface area (Å²) < 4.78 is 5.13. The average Bonchev–Trinajstić information content (AvgIpc) is 3.08. The lowest BCUT2D eigenvalue weighted by Crippen LogP contribution is -2.22. The molecule has 1 aliphatic rings. The number of carbonyl (C=O) groups is 1. The first kappa shape index (κ1) is 21.4. The SMILES string of the molecule is CCN(CC)c1ccc([N+](=O)[O-])cc1/C=C1\SC(=Nc2ccc(OC)cc2)NC1=O. The van der Waals surface area contributed by atoms with Gasteiger partial charge in [0.25, 0.3) is 11.6 Å². The summed E-state index contributed by atoms with van der Waals surface area (Å²) in [5, 5.41) is 14.4. The maximum atomic E-state index is 12.5. The first-order valence-electron chi connectivity index (χ1n) is 9.42. The number of carbonyl (C=O) groups excluding carboxylic acids is 1. The maximum Gasteiger partial charge on any atom is 0.270 e. The van der Waals surface area contributed by atoms with Crippen LogP contribution in [0.2, 0.25) is 0 Å². The molecule has 0 spiro atoms. The van der Waals surface area contributed by atoms with Crippen molar-refractivity contribution in [2.75, 3.05) is 25.1 Å². The molecule has 3 rings (SSSR count). The fraction of sp³-hybridized carbons (Fsp3) is 0.238. The van der Waals surface area contributed by atoms with Crippen molar-refractivity contribution in [2.24, 2.45) is 4.99 Å². The minimum Gasteiger partial charge on any atom is -0.497 e. The molecule has 0 atom stereocenters. The molecule has 1 amide bonds. The summed E-state index contributed by atoms with van der Waals surface area (Å²) in [6.07, 6.45) is 1.68. The Bertz CT molecular complexity index is 1010. The Morgan fingerprint density at radius 2 is 1.90 bits per heavy atom. The summed E-state index contributed by atoms with van der Waals surface area (Å²) >= 11 is 1.20. The smallest absolute Gasteiger partial charge is 0.270 e. The molecule has 8 nitrogen and oxygen atoms in total. The molecular weight excluding hydrogens is 404 g/mol. The number of thioether (sulfide) groups is 1. The van der Waals surface area contributed by atoms with Gasteiger partial charge in [-0.05, 0) is 62.0 Å². The van der Waals surface area contributed by atoms with E-state index in [0.717, 1.165) is 24.5 Å². The largest absolute Gasteiger partial charge is 0.497 e. The lowest BCUT2D eigenvalue weighted by Gasteiger charge is -2.23.